The first kappa shape index (κ1) is 20.3. The van der Waals surface area contributed by atoms with Gasteiger partial charge in [-0.2, -0.15) is 0 Å². The van der Waals surface area contributed by atoms with E-state index in [0.29, 0.717) is 28.0 Å². The van der Waals surface area contributed by atoms with E-state index in [0.717, 1.165) is 35.4 Å². The molecule has 0 bridgehead atoms. The zero-order valence-electron chi connectivity index (χ0n) is 15.5. The van der Waals surface area contributed by atoms with Gasteiger partial charge < -0.3 is 0 Å². The van der Waals surface area contributed by atoms with Crippen molar-refractivity contribution >= 4 is 46.3 Å². The molecule has 1 atom stereocenters. The van der Waals surface area contributed by atoms with Gasteiger partial charge in [-0.3, -0.25) is 9.69 Å². The number of benzene rings is 2. The third-order valence-corrected chi connectivity index (χ3v) is 6.54. The van der Waals surface area contributed by atoms with Crippen molar-refractivity contribution in [2.75, 3.05) is 6.54 Å². The highest BCUT2D eigenvalue weighted by Gasteiger charge is 2.33. The second-order valence-corrected chi connectivity index (χ2v) is 8.18. The van der Waals surface area contributed by atoms with Crippen LogP contribution in [0.25, 0.3) is 0 Å². The van der Waals surface area contributed by atoms with Gasteiger partial charge in [-0.05, 0) is 48.1 Å². The summed E-state index contributed by atoms with van der Waals surface area (Å²) in [6, 6.07) is 13.2. The van der Waals surface area contributed by atoms with Crippen LogP contribution in [0.1, 0.15) is 60.5 Å². The molecular formula is C22H23Cl2NOS. The molecule has 0 aromatic heterocycles. The first-order chi connectivity index (χ1) is 13.0. The normalized spacial score (nSPS) is 14.8. The van der Waals surface area contributed by atoms with Gasteiger partial charge in [0.05, 0.1) is 5.56 Å². The maximum Gasteiger partial charge on any atom is 0.259 e. The van der Waals surface area contributed by atoms with E-state index in [9.17, 15) is 4.79 Å². The van der Waals surface area contributed by atoms with Gasteiger partial charge >= 0.3 is 0 Å². The van der Waals surface area contributed by atoms with E-state index in [2.05, 4.69) is 13.8 Å². The van der Waals surface area contributed by atoms with Gasteiger partial charge in [0, 0.05) is 22.2 Å². The van der Waals surface area contributed by atoms with E-state index >= 15 is 0 Å². The summed E-state index contributed by atoms with van der Waals surface area (Å²) in [6.07, 6.45) is 2.89. The Morgan fingerprint density at radius 2 is 1.70 bits per heavy atom. The zero-order valence-corrected chi connectivity index (χ0v) is 17.9. The second-order valence-electron chi connectivity index (χ2n) is 6.95. The fourth-order valence-corrected chi connectivity index (χ4v) is 4.80. The minimum atomic E-state index is -0.00362. The smallest absolute Gasteiger partial charge is 0.259 e. The van der Waals surface area contributed by atoms with Crippen LogP contribution in [0.15, 0.2) is 42.5 Å². The molecule has 2 nitrogen and oxygen atoms in total. The highest BCUT2D eigenvalue weighted by molar-refractivity contribution is 7.80. The summed E-state index contributed by atoms with van der Waals surface area (Å²) in [5.41, 5.74) is 2.62. The Morgan fingerprint density at radius 1 is 1.04 bits per heavy atom. The third kappa shape index (κ3) is 4.06. The minimum Gasteiger partial charge on any atom is -0.298 e. The highest BCUT2D eigenvalue weighted by atomic mass is 35.5. The molecular weight excluding hydrogens is 397 g/mol. The molecule has 0 fully saturated rings. The van der Waals surface area contributed by atoms with Crippen LogP contribution in [-0.4, -0.2) is 22.3 Å². The molecule has 3 rings (SSSR count). The summed E-state index contributed by atoms with van der Waals surface area (Å²) in [5.74, 6) is 0.691. The van der Waals surface area contributed by atoms with Crippen LogP contribution >= 0.6 is 35.4 Å². The first-order valence-electron chi connectivity index (χ1n) is 9.38. The lowest BCUT2D eigenvalue weighted by Gasteiger charge is -2.29. The van der Waals surface area contributed by atoms with E-state index in [4.69, 9.17) is 35.4 Å². The molecule has 1 heterocycles. The average molecular weight is 420 g/mol. The number of thiocarbonyl (C=S) groups is 1. The van der Waals surface area contributed by atoms with Gasteiger partial charge in [0.25, 0.3) is 5.91 Å². The Bertz CT molecular complexity index is 828. The Kier molecular flexibility index (Phi) is 6.56. The molecule has 0 N–H and O–H groups in total. The van der Waals surface area contributed by atoms with Crippen LogP contribution in [0.4, 0.5) is 0 Å². The van der Waals surface area contributed by atoms with Crippen molar-refractivity contribution in [2.24, 2.45) is 5.92 Å². The van der Waals surface area contributed by atoms with Crippen molar-refractivity contribution in [2.45, 2.75) is 39.0 Å². The molecule has 0 unspecified atom stereocenters. The number of amides is 1. The van der Waals surface area contributed by atoms with Gasteiger partial charge in [0.2, 0.25) is 0 Å². The third-order valence-electron chi connectivity index (χ3n) is 5.52. The predicted molar refractivity (Wildman–Crippen MR) is 117 cm³/mol. The van der Waals surface area contributed by atoms with E-state index in [-0.39, 0.29) is 11.8 Å². The molecule has 0 radical (unpaired) electrons. The largest absolute Gasteiger partial charge is 0.298 e. The highest BCUT2D eigenvalue weighted by Crippen LogP contribution is 2.38. The first-order valence-corrected chi connectivity index (χ1v) is 10.5. The van der Waals surface area contributed by atoms with Crippen molar-refractivity contribution < 1.29 is 4.79 Å². The molecule has 142 valence electrons. The average Bonchev–Trinajstić information content (AvgIpc) is 2.92. The minimum absolute atomic E-state index is 0.00362. The number of hydrogen-bond acceptors (Lipinski definition) is 2. The van der Waals surface area contributed by atoms with Gasteiger partial charge in [-0.25, -0.2) is 0 Å². The molecule has 27 heavy (non-hydrogen) atoms. The number of nitrogens with zero attached hydrogens (tertiary/aromatic N) is 1. The molecule has 0 aliphatic carbocycles. The quantitative estimate of drug-likeness (QED) is 0.463. The van der Waals surface area contributed by atoms with E-state index < -0.39 is 0 Å². The zero-order chi connectivity index (χ0) is 19.6. The topological polar surface area (TPSA) is 20.3 Å². The Labute approximate surface area is 176 Å². The molecule has 5 heteroatoms. The second kappa shape index (κ2) is 8.72. The number of hydrogen-bond donors (Lipinski definition) is 0. The van der Waals surface area contributed by atoms with Crippen LogP contribution in [-0.2, 0) is 0 Å². The van der Waals surface area contributed by atoms with E-state index in [1.54, 1.807) is 4.90 Å². The van der Waals surface area contributed by atoms with Gasteiger partial charge in [-0.1, -0.05) is 80.3 Å². The molecule has 1 aliphatic rings. The predicted octanol–water partition coefficient (Wildman–Crippen LogP) is 6.73. The fraction of sp³-hybridized carbons (Fsp3) is 0.364. The number of carbonyl (C=O) groups excluding carboxylic acids is 1. The molecule has 1 amide bonds. The monoisotopic (exact) mass is 419 g/mol. The lowest BCUT2D eigenvalue weighted by molar-refractivity contribution is 0.0856. The summed E-state index contributed by atoms with van der Waals surface area (Å²) in [6.45, 7) is 4.97. The standard InChI is InChI=1S/C22H23Cl2NOS/c1-3-14(4-2)16(19-13-15(23)9-10-20(19)24)11-12-25-21(26)17-7-5-6-8-18(17)22(25)27/h5-10,13-14,16H,3-4,11-12H2,1-2H3/t16-/m1/s1. The molecule has 0 spiro atoms. The summed E-state index contributed by atoms with van der Waals surface area (Å²) in [7, 11) is 0. The molecule has 0 saturated carbocycles. The van der Waals surface area contributed by atoms with Crippen molar-refractivity contribution in [1.82, 2.24) is 4.90 Å². The lowest BCUT2D eigenvalue weighted by Crippen LogP contribution is -2.32. The maximum absolute atomic E-state index is 12.8. The van der Waals surface area contributed by atoms with Crippen LogP contribution in [0, 0.1) is 5.92 Å². The molecule has 2 aromatic carbocycles. The van der Waals surface area contributed by atoms with Crippen LogP contribution in [0.5, 0.6) is 0 Å². The lowest BCUT2D eigenvalue weighted by atomic mass is 9.80. The van der Waals surface area contributed by atoms with Crippen molar-refractivity contribution in [3.05, 3.63) is 69.2 Å². The molecule has 0 saturated heterocycles. The van der Waals surface area contributed by atoms with E-state index in [1.807, 2.05) is 42.5 Å². The SMILES string of the molecule is CCC(CC)[C@@H](CCN1C(=O)c2ccccc2C1=S)c1cc(Cl)ccc1Cl. The van der Waals surface area contributed by atoms with Gasteiger partial charge in [0.1, 0.15) is 4.99 Å². The van der Waals surface area contributed by atoms with Crippen LogP contribution in [0.2, 0.25) is 10.0 Å². The summed E-state index contributed by atoms with van der Waals surface area (Å²) < 4.78 is 0. The Balaban J connectivity index is 1.85. The van der Waals surface area contributed by atoms with Crippen LogP contribution in [0.3, 0.4) is 0 Å². The Hall–Kier alpha value is -1.42. The molecule has 1 aliphatic heterocycles. The van der Waals surface area contributed by atoms with Crippen molar-refractivity contribution in [1.29, 1.82) is 0 Å². The van der Waals surface area contributed by atoms with Crippen molar-refractivity contribution in [3.63, 3.8) is 0 Å². The van der Waals surface area contributed by atoms with Crippen molar-refractivity contribution in [3.8, 4) is 0 Å². The summed E-state index contributed by atoms with van der Waals surface area (Å²) >= 11 is 18.3. The van der Waals surface area contributed by atoms with Gasteiger partial charge in [-0.15, -0.1) is 0 Å². The fourth-order valence-electron chi connectivity index (χ4n) is 4.01. The summed E-state index contributed by atoms with van der Waals surface area (Å²) in [5, 5.41) is 1.42. The van der Waals surface area contributed by atoms with Crippen LogP contribution < -0.4 is 0 Å². The maximum atomic E-state index is 12.8. The number of halogens is 2. The number of carbonyl (C=O) groups is 1. The summed E-state index contributed by atoms with van der Waals surface area (Å²) in [4.78, 5) is 15.1. The van der Waals surface area contributed by atoms with Gasteiger partial charge in [0.15, 0.2) is 0 Å². The molecule has 2 aromatic rings. The van der Waals surface area contributed by atoms with E-state index in [1.165, 1.54) is 0 Å². The number of rotatable bonds is 7. The Morgan fingerprint density at radius 3 is 2.33 bits per heavy atom. The number of fused-ring (bicyclic) bond motifs is 1.